The Morgan fingerprint density at radius 2 is 1.90 bits per heavy atom. The zero-order valence-corrected chi connectivity index (χ0v) is 18.9. The monoisotopic (exact) mass is 492 g/mol. The van der Waals surface area contributed by atoms with Crippen LogP contribution in [0, 0.1) is 0 Å². The number of rotatable bonds is 7. The third-order valence-electron chi connectivity index (χ3n) is 4.19. The highest BCUT2D eigenvalue weighted by atomic mass is 79.9. The van der Waals surface area contributed by atoms with Gasteiger partial charge in [-0.15, -0.1) is 10.2 Å². The summed E-state index contributed by atoms with van der Waals surface area (Å²) in [5.41, 5.74) is 1.12. The van der Waals surface area contributed by atoms with E-state index in [1.807, 2.05) is 26.1 Å². The van der Waals surface area contributed by atoms with Crippen LogP contribution in [0.25, 0.3) is 0 Å². The summed E-state index contributed by atoms with van der Waals surface area (Å²) in [7, 11) is 1.81. The standard InChI is InChI=1S/C20H18BrClN4O2S/c1-12(23-19(28)14-4-3-5-16(22)10-14)18-24-25-20(26(18)2)29-11-17(27)13-6-8-15(21)9-7-13/h3-10,12H,11H2,1-2H3,(H,23,28). The van der Waals surface area contributed by atoms with E-state index in [9.17, 15) is 9.59 Å². The quantitative estimate of drug-likeness (QED) is 0.381. The van der Waals surface area contributed by atoms with Crippen LogP contribution < -0.4 is 5.32 Å². The number of halogens is 2. The third kappa shape index (κ3) is 5.46. The average molecular weight is 494 g/mol. The molecule has 3 rings (SSSR count). The maximum absolute atomic E-state index is 12.4. The predicted octanol–water partition coefficient (Wildman–Crippen LogP) is 4.70. The third-order valence-corrected chi connectivity index (χ3v) is 5.97. The van der Waals surface area contributed by atoms with Gasteiger partial charge in [0.1, 0.15) is 0 Å². The second-order valence-electron chi connectivity index (χ2n) is 6.32. The number of amides is 1. The number of benzene rings is 2. The van der Waals surface area contributed by atoms with Crippen LogP contribution >= 0.6 is 39.3 Å². The molecule has 1 N–H and O–H groups in total. The molecule has 150 valence electrons. The topological polar surface area (TPSA) is 76.9 Å². The predicted molar refractivity (Wildman–Crippen MR) is 118 cm³/mol. The van der Waals surface area contributed by atoms with Gasteiger partial charge in [-0.2, -0.15) is 0 Å². The summed E-state index contributed by atoms with van der Waals surface area (Å²) in [6, 6.07) is 13.6. The van der Waals surface area contributed by atoms with Crippen LogP contribution in [-0.2, 0) is 7.05 Å². The SMILES string of the molecule is CC(NC(=O)c1cccc(Cl)c1)c1nnc(SCC(=O)c2ccc(Br)cc2)n1C. The van der Waals surface area contributed by atoms with Crippen LogP contribution in [0.2, 0.25) is 5.02 Å². The fourth-order valence-electron chi connectivity index (χ4n) is 2.65. The summed E-state index contributed by atoms with van der Waals surface area (Å²) in [5.74, 6) is 0.604. The molecule has 2 aromatic carbocycles. The first-order chi connectivity index (χ1) is 13.8. The number of thioether (sulfide) groups is 1. The summed E-state index contributed by atoms with van der Waals surface area (Å²) >= 11 is 10.6. The van der Waals surface area contributed by atoms with Crippen molar-refractivity contribution in [1.82, 2.24) is 20.1 Å². The van der Waals surface area contributed by atoms with Crippen LogP contribution in [0.15, 0.2) is 58.2 Å². The summed E-state index contributed by atoms with van der Waals surface area (Å²) in [6.45, 7) is 1.83. The first kappa shape index (κ1) is 21.5. The van der Waals surface area contributed by atoms with E-state index in [1.165, 1.54) is 11.8 Å². The maximum atomic E-state index is 12.4. The number of nitrogens with zero attached hydrogens (tertiary/aromatic N) is 3. The lowest BCUT2D eigenvalue weighted by molar-refractivity contribution is 0.0937. The molecule has 29 heavy (non-hydrogen) atoms. The number of carbonyl (C=O) groups is 2. The molecule has 0 aliphatic carbocycles. The minimum absolute atomic E-state index is 0.00866. The number of nitrogens with one attached hydrogen (secondary N) is 1. The Kier molecular flexibility index (Phi) is 7.10. The molecule has 6 nitrogen and oxygen atoms in total. The number of carbonyl (C=O) groups excluding carboxylic acids is 2. The second kappa shape index (κ2) is 9.56. The van der Waals surface area contributed by atoms with E-state index in [4.69, 9.17) is 11.6 Å². The zero-order valence-electron chi connectivity index (χ0n) is 15.7. The van der Waals surface area contributed by atoms with E-state index in [2.05, 4.69) is 31.4 Å². The largest absolute Gasteiger partial charge is 0.342 e. The minimum atomic E-state index is -0.365. The van der Waals surface area contributed by atoms with Crippen LogP contribution in [0.3, 0.4) is 0 Å². The molecular weight excluding hydrogens is 476 g/mol. The van der Waals surface area contributed by atoms with Crippen LogP contribution in [-0.4, -0.2) is 32.2 Å². The zero-order chi connectivity index (χ0) is 21.0. The highest BCUT2D eigenvalue weighted by Gasteiger charge is 2.19. The Balaban J connectivity index is 1.63. The second-order valence-corrected chi connectivity index (χ2v) is 8.62. The van der Waals surface area contributed by atoms with Crippen molar-refractivity contribution in [2.75, 3.05) is 5.75 Å². The molecule has 1 unspecified atom stereocenters. The molecule has 0 aliphatic rings. The first-order valence-corrected chi connectivity index (χ1v) is 10.9. The molecule has 0 saturated heterocycles. The Hall–Kier alpha value is -2.16. The van der Waals surface area contributed by atoms with E-state index < -0.39 is 0 Å². The molecule has 3 aromatic rings. The molecule has 1 atom stereocenters. The fourth-order valence-corrected chi connectivity index (χ4v) is 3.92. The van der Waals surface area contributed by atoms with Gasteiger partial charge in [0.05, 0.1) is 11.8 Å². The van der Waals surface area contributed by atoms with Crippen molar-refractivity contribution in [1.29, 1.82) is 0 Å². The van der Waals surface area contributed by atoms with Crippen molar-refractivity contribution < 1.29 is 9.59 Å². The van der Waals surface area contributed by atoms with Gasteiger partial charge < -0.3 is 9.88 Å². The molecular formula is C20H18BrClN4O2S. The molecule has 0 bridgehead atoms. The molecule has 1 heterocycles. The first-order valence-electron chi connectivity index (χ1n) is 8.72. The highest BCUT2D eigenvalue weighted by molar-refractivity contribution is 9.10. The van der Waals surface area contributed by atoms with E-state index in [0.717, 1.165) is 4.47 Å². The van der Waals surface area contributed by atoms with Gasteiger partial charge in [-0.05, 0) is 37.3 Å². The number of Topliss-reactive ketones (excluding diaryl/α,β-unsaturated/α-hetero) is 1. The lowest BCUT2D eigenvalue weighted by atomic mass is 10.2. The van der Waals surface area contributed by atoms with Crippen molar-refractivity contribution in [3.05, 3.63) is 75.0 Å². The van der Waals surface area contributed by atoms with Gasteiger partial charge in [-0.25, -0.2) is 0 Å². The molecule has 9 heteroatoms. The van der Waals surface area contributed by atoms with Gasteiger partial charge in [-0.1, -0.05) is 57.5 Å². The van der Waals surface area contributed by atoms with Crippen LogP contribution in [0.5, 0.6) is 0 Å². The van der Waals surface area contributed by atoms with Crippen molar-refractivity contribution in [2.45, 2.75) is 18.1 Å². The lowest BCUT2D eigenvalue weighted by Crippen LogP contribution is -2.28. The minimum Gasteiger partial charge on any atom is -0.342 e. The van der Waals surface area contributed by atoms with Gasteiger partial charge in [0.15, 0.2) is 16.8 Å². The van der Waals surface area contributed by atoms with E-state index in [0.29, 0.717) is 27.1 Å². The Labute approximate surface area is 186 Å². The molecule has 0 fully saturated rings. The number of aromatic nitrogens is 3. The molecule has 0 spiro atoms. The van der Waals surface area contributed by atoms with Gasteiger partial charge in [0, 0.05) is 27.7 Å². The van der Waals surface area contributed by atoms with Gasteiger partial charge >= 0.3 is 0 Å². The fraction of sp³-hybridized carbons (Fsp3) is 0.200. The van der Waals surface area contributed by atoms with E-state index >= 15 is 0 Å². The molecule has 1 amide bonds. The lowest BCUT2D eigenvalue weighted by Gasteiger charge is -2.13. The normalized spacial score (nSPS) is 11.9. The number of hydrogen-bond donors (Lipinski definition) is 1. The smallest absolute Gasteiger partial charge is 0.251 e. The van der Waals surface area contributed by atoms with E-state index in [1.54, 1.807) is 41.0 Å². The Morgan fingerprint density at radius 1 is 1.17 bits per heavy atom. The summed E-state index contributed by atoms with van der Waals surface area (Å²) in [4.78, 5) is 24.8. The summed E-state index contributed by atoms with van der Waals surface area (Å²) in [5, 5.41) is 12.3. The van der Waals surface area contributed by atoms with Crippen molar-refractivity contribution in [3.8, 4) is 0 Å². The Bertz CT molecular complexity index is 1040. The van der Waals surface area contributed by atoms with Crippen LogP contribution in [0.4, 0.5) is 0 Å². The van der Waals surface area contributed by atoms with Crippen molar-refractivity contribution in [3.63, 3.8) is 0 Å². The average Bonchev–Trinajstić information content (AvgIpc) is 3.07. The van der Waals surface area contributed by atoms with Crippen molar-refractivity contribution >= 4 is 51.0 Å². The Morgan fingerprint density at radius 3 is 2.59 bits per heavy atom. The van der Waals surface area contributed by atoms with E-state index in [-0.39, 0.29) is 23.5 Å². The van der Waals surface area contributed by atoms with Gasteiger partial charge in [-0.3, -0.25) is 9.59 Å². The molecule has 0 saturated carbocycles. The molecule has 1 aromatic heterocycles. The molecule has 0 radical (unpaired) electrons. The maximum Gasteiger partial charge on any atom is 0.251 e. The van der Waals surface area contributed by atoms with Gasteiger partial charge in [0.2, 0.25) is 0 Å². The highest BCUT2D eigenvalue weighted by Crippen LogP contribution is 2.21. The number of hydrogen-bond acceptors (Lipinski definition) is 5. The van der Waals surface area contributed by atoms with Gasteiger partial charge in [0.25, 0.3) is 5.91 Å². The number of ketones is 1. The molecule has 0 aliphatic heterocycles. The summed E-state index contributed by atoms with van der Waals surface area (Å²) < 4.78 is 2.70. The van der Waals surface area contributed by atoms with Crippen LogP contribution in [0.1, 0.15) is 39.5 Å². The van der Waals surface area contributed by atoms with Crippen molar-refractivity contribution in [2.24, 2.45) is 7.05 Å². The summed E-state index contributed by atoms with van der Waals surface area (Å²) in [6.07, 6.45) is 0.